The molecule has 3 aromatic rings. The number of imidazole rings is 1. The molecule has 5 nitrogen and oxygen atoms in total. The van der Waals surface area contributed by atoms with Crippen molar-refractivity contribution in [3.63, 3.8) is 0 Å². The van der Waals surface area contributed by atoms with Gasteiger partial charge in [-0.15, -0.1) is 0 Å². The Balaban J connectivity index is 1.81. The van der Waals surface area contributed by atoms with Gasteiger partial charge in [0.15, 0.2) is 17.7 Å². The van der Waals surface area contributed by atoms with Gasteiger partial charge in [0.05, 0.1) is 17.5 Å². The van der Waals surface area contributed by atoms with E-state index in [-0.39, 0.29) is 5.75 Å². The third-order valence-corrected chi connectivity index (χ3v) is 3.73. The standard InChI is InChI=1S/C17H15ClFN3O2/c1-2-14(24-15-6-4-3-5-11(15)19)17(23)22-13-8-10(18)7-12-16(13)21-9-20-12/h3-9,14H,2H2,1H3,(H,20,21)(H,22,23). The summed E-state index contributed by atoms with van der Waals surface area (Å²) < 4.78 is 19.2. The van der Waals surface area contributed by atoms with E-state index in [9.17, 15) is 9.18 Å². The lowest BCUT2D eigenvalue weighted by Crippen LogP contribution is -2.32. The zero-order chi connectivity index (χ0) is 17.1. The molecule has 0 radical (unpaired) electrons. The molecule has 0 saturated carbocycles. The number of ether oxygens (including phenoxy) is 1. The summed E-state index contributed by atoms with van der Waals surface area (Å²) in [5.41, 5.74) is 1.77. The lowest BCUT2D eigenvalue weighted by atomic mass is 10.2. The average Bonchev–Trinajstić information content (AvgIpc) is 3.02. The van der Waals surface area contributed by atoms with Crippen LogP contribution in [0.3, 0.4) is 0 Å². The number of halogens is 2. The predicted molar refractivity (Wildman–Crippen MR) is 90.8 cm³/mol. The van der Waals surface area contributed by atoms with Gasteiger partial charge in [0.1, 0.15) is 5.52 Å². The number of carbonyl (C=O) groups is 1. The number of benzene rings is 2. The van der Waals surface area contributed by atoms with Crippen molar-refractivity contribution in [2.75, 3.05) is 5.32 Å². The van der Waals surface area contributed by atoms with Crippen molar-refractivity contribution < 1.29 is 13.9 Å². The highest BCUT2D eigenvalue weighted by Gasteiger charge is 2.21. The Morgan fingerprint density at radius 2 is 2.21 bits per heavy atom. The van der Waals surface area contributed by atoms with Crippen LogP contribution in [0.2, 0.25) is 5.02 Å². The second-order valence-electron chi connectivity index (χ2n) is 5.19. The number of nitrogens with one attached hydrogen (secondary N) is 2. The largest absolute Gasteiger partial charge is 0.478 e. The van der Waals surface area contributed by atoms with E-state index < -0.39 is 17.8 Å². The molecule has 0 aliphatic heterocycles. The van der Waals surface area contributed by atoms with Crippen LogP contribution in [-0.2, 0) is 4.79 Å². The maximum Gasteiger partial charge on any atom is 0.265 e. The zero-order valence-electron chi connectivity index (χ0n) is 12.8. The summed E-state index contributed by atoms with van der Waals surface area (Å²) in [5, 5.41) is 3.21. The molecule has 2 N–H and O–H groups in total. The molecule has 3 rings (SSSR count). The second kappa shape index (κ2) is 6.88. The molecule has 24 heavy (non-hydrogen) atoms. The zero-order valence-corrected chi connectivity index (χ0v) is 13.6. The first-order chi connectivity index (χ1) is 11.6. The van der Waals surface area contributed by atoms with Crippen LogP contribution in [0.1, 0.15) is 13.3 Å². The van der Waals surface area contributed by atoms with Gasteiger partial charge < -0.3 is 15.0 Å². The summed E-state index contributed by atoms with van der Waals surface area (Å²) in [5.74, 6) is -0.871. The van der Waals surface area contributed by atoms with Crippen LogP contribution in [0.15, 0.2) is 42.7 Å². The van der Waals surface area contributed by atoms with Crippen molar-refractivity contribution in [2.24, 2.45) is 0 Å². The Hall–Kier alpha value is -2.60. The van der Waals surface area contributed by atoms with Gasteiger partial charge in [0.2, 0.25) is 0 Å². The fourth-order valence-electron chi connectivity index (χ4n) is 2.34. The smallest absolute Gasteiger partial charge is 0.265 e. The van der Waals surface area contributed by atoms with Gasteiger partial charge in [0, 0.05) is 5.02 Å². The van der Waals surface area contributed by atoms with Crippen molar-refractivity contribution in [3.8, 4) is 5.75 Å². The van der Waals surface area contributed by atoms with E-state index in [1.54, 1.807) is 31.2 Å². The highest BCUT2D eigenvalue weighted by Crippen LogP contribution is 2.26. The number of rotatable bonds is 5. The summed E-state index contributed by atoms with van der Waals surface area (Å²) in [4.78, 5) is 19.6. The molecule has 1 atom stereocenters. The Kier molecular flexibility index (Phi) is 4.66. The molecule has 1 aromatic heterocycles. The molecular weight excluding hydrogens is 333 g/mol. The van der Waals surface area contributed by atoms with Crippen LogP contribution >= 0.6 is 11.6 Å². The van der Waals surface area contributed by atoms with Crippen molar-refractivity contribution in [1.82, 2.24) is 9.97 Å². The SMILES string of the molecule is CCC(Oc1ccccc1F)C(=O)Nc1cc(Cl)cc2[nH]cnc12. The maximum absolute atomic E-state index is 13.7. The molecule has 124 valence electrons. The van der Waals surface area contributed by atoms with Gasteiger partial charge in [-0.25, -0.2) is 9.37 Å². The van der Waals surface area contributed by atoms with Crippen LogP contribution in [-0.4, -0.2) is 22.0 Å². The van der Waals surface area contributed by atoms with Gasteiger partial charge in [-0.05, 0) is 30.7 Å². The minimum absolute atomic E-state index is 0.0375. The number of nitrogens with zero attached hydrogens (tertiary/aromatic N) is 1. The Labute approximate surface area is 142 Å². The first kappa shape index (κ1) is 16.3. The number of anilines is 1. The number of para-hydroxylation sites is 1. The summed E-state index contributed by atoms with van der Waals surface area (Å²) in [6.45, 7) is 1.78. The lowest BCUT2D eigenvalue weighted by Gasteiger charge is -2.18. The molecule has 1 heterocycles. The van der Waals surface area contributed by atoms with E-state index in [1.807, 2.05) is 0 Å². The van der Waals surface area contributed by atoms with Crippen LogP contribution in [0.5, 0.6) is 5.75 Å². The maximum atomic E-state index is 13.7. The van der Waals surface area contributed by atoms with Gasteiger partial charge >= 0.3 is 0 Å². The van der Waals surface area contributed by atoms with E-state index >= 15 is 0 Å². The van der Waals surface area contributed by atoms with E-state index in [4.69, 9.17) is 16.3 Å². The van der Waals surface area contributed by atoms with E-state index in [0.29, 0.717) is 28.2 Å². The van der Waals surface area contributed by atoms with Crippen LogP contribution in [0, 0.1) is 5.82 Å². The second-order valence-corrected chi connectivity index (χ2v) is 5.62. The molecule has 0 bridgehead atoms. The molecule has 1 amide bonds. The van der Waals surface area contributed by atoms with Crippen LogP contribution in [0.25, 0.3) is 11.0 Å². The summed E-state index contributed by atoms with van der Waals surface area (Å²) in [6, 6.07) is 9.29. The molecular formula is C17H15ClFN3O2. The normalized spacial score (nSPS) is 12.1. The number of aromatic amines is 1. The molecule has 0 spiro atoms. The first-order valence-corrected chi connectivity index (χ1v) is 7.81. The predicted octanol–water partition coefficient (Wildman–Crippen LogP) is 4.15. The highest BCUT2D eigenvalue weighted by molar-refractivity contribution is 6.32. The number of H-pyrrole nitrogens is 1. The van der Waals surface area contributed by atoms with E-state index in [0.717, 1.165) is 0 Å². The fraction of sp³-hybridized carbons (Fsp3) is 0.176. The van der Waals surface area contributed by atoms with Crippen LogP contribution < -0.4 is 10.1 Å². The topological polar surface area (TPSA) is 67.0 Å². The third kappa shape index (κ3) is 3.33. The fourth-order valence-corrected chi connectivity index (χ4v) is 2.56. The van der Waals surface area contributed by atoms with Crippen molar-refractivity contribution >= 4 is 34.2 Å². The Morgan fingerprint density at radius 1 is 1.42 bits per heavy atom. The summed E-state index contributed by atoms with van der Waals surface area (Å²) in [6.07, 6.45) is 1.06. The lowest BCUT2D eigenvalue weighted by molar-refractivity contribution is -0.122. The number of fused-ring (bicyclic) bond motifs is 1. The highest BCUT2D eigenvalue weighted by atomic mass is 35.5. The number of hydrogen-bond donors (Lipinski definition) is 2. The van der Waals surface area contributed by atoms with Gasteiger partial charge in [0.25, 0.3) is 5.91 Å². The van der Waals surface area contributed by atoms with Gasteiger partial charge in [-0.3, -0.25) is 4.79 Å². The Morgan fingerprint density at radius 3 is 2.96 bits per heavy atom. The molecule has 0 aliphatic carbocycles. The molecule has 0 aliphatic rings. The van der Waals surface area contributed by atoms with Crippen molar-refractivity contribution in [3.05, 3.63) is 53.6 Å². The number of carbonyl (C=O) groups excluding carboxylic acids is 1. The third-order valence-electron chi connectivity index (χ3n) is 3.52. The molecule has 0 saturated heterocycles. The Bertz CT molecular complexity index is 881. The summed E-state index contributed by atoms with van der Waals surface area (Å²) in [7, 11) is 0. The summed E-state index contributed by atoms with van der Waals surface area (Å²) >= 11 is 6.05. The van der Waals surface area contributed by atoms with Crippen molar-refractivity contribution in [2.45, 2.75) is 19.4 Å². The molecule has 1 unspecified atom stereocenters. The minimum atomic E-state index is -0.838. The minimum Gasteiger partial charge on any atom is -0.478 e. The van der Waals surface area contributed by atoms with Gasteiger partial charge in [-0.1, -0.05) is 30.7 Å². The molecule has 0 fully saturated rings. The van der Waals surface area contributed by atoms with E-state index in [2.05, 4.69) is 15.3 Å². The monoisotopic (exact) mass is 347 g/mol. The van der Waals surface area contributed by atoms with Crippen LogP contribution in [0.4, 0.5) is 10.1 Å². The van der Waals surface area contributed by atoms with Crippen molar-refractivity contribution in [1.29, 1.82) is 0 Å². The van der Waals surface area contributed by atoms with Gasteiger partial charge in [-0.2, -0.15) is 0 Å². The number of aromatic nitrogens is 2. The van der Waals surface area contributed by atoms with E-state index in [1.165, 1.54) is 18.5 Å². The number of amides is 1. The number of hydrogen-bond acceptors (Lipinski definition) is 3. The molecule has 7 heteroatoms. The average molecular weight is 348 g/mol. The molecule has 2 aromatic carbocycles. The quantitative estimate of drug-likeness (QED) is 0.728. The first-order valence-electron chi connectivity index (χ1n) is 7.43.